The molecule has 1 aromatic carbocycles. The van der Waals surface area contributed by atoms with Crippen LogP contribution in [-0.2, 0) is 9.53 Å². The Morgan fingerprint density at radius 1 is 1.10 bits per heavy atom. The predicted molar refractivity (Wildman–Crippen MR) is 80.9 cm³/mol. The Bertz CT molecular complexity index is 384. The Morgan fingerprint density at radius 2 is 1.70 bits per heavy atom. The van der Waals surface area contributed by atoms with E-state index in [0.717, 1.165) is 18.4 Å². The van der Waals surface area contributed by atoms with Gasteiger partial charge in [0.2, 0.25) is 0 Å². The molecule has 0 aliphatic rings. The van der Waals surface area contributed by atoms with E-state index >= 15 is 0 Å². The van der Waals surface area contributed by atoms with Gasteiger partial charge >= 0.3 is 5.97 Å². The highest BCUT2D eigenvalue weighted by molar-refractivity contribution is 5.77. The molecule has 0 aliphatic heterocycles. The second-order valence-electron chi connectivity index (χ2n) is 5.25. The number of carbonyl (C=O) groups is 1. The van der Waals surface area contributed by atoms with Crippen LogP contribution in [0.15, 0.2) is 24.3 Å². The number of aromatic hydroxyl groups is 1. The van der Waals surface area contributed by atoms with E-state index in [4.69, 9.17) is 4.74 Å². The van der Waals surface area contributed by atoms with Crippen LogP contribution in [0.1, 0.15) is 63.9 Å². The summed E-state index contributed by atoms with van der Waals surface area (Å²) < 4.78 is 5.29. The molecular formula is C17H26O3. The predicted octanol–water partition coefficient (Wildman–Crippen LogP) is 4.40. The molecule has 1 aromatic rings. The summed E-state index contributed by atoms with van der Waals surface area (Å²) in [5.41, 5.74) is 0.871. The minimum atomic E-state index is -0.282. The van der Waals surface area contributed by atoms with E-state index in [2.05, 4.69) is 6.92 Å². The first-order valence-corrected chi connectivity index (χ1v) is 7.60. The van der Waals surface area contributed by atoms with Crippen molar-refractivity contribution in [2.75, 3.05) is 6.61 Å². The van der Waals surface area contributed by atoms with Gasteiger partial charge in [0.15, 0.2) is 0 Å². The number of carbonyl (C=O) groups excluding carboxylic acids is 1. The molecule has 0 saturated carbocycles. The van der Waals surface area contributed by atoms with Crippen molar-refractivity contribution in [2.24, 2.45) is 0 Å². The van der Waals surface area contributed by atoms with Gasteiger partial charge in [0.1, 0.15) is 5.75 Å². The highest BCUT2D eigenvalue weighted by Gasteiger charge is 2.16. The third kappa shape index (κ3) is 6.09. The molecule has 0 amide bonds. The SMILES string of the molecule is CCCCCCCCOC(=O)C(C)c1ccc(O)cc1. The van der Waals surface area contributed by atoms with Crippen LogP contribution in [-0.4, -0.2) is 17.7 Å². The molecule has 3 nitrogen and oxygen atoms in total. The zero-order valence-electron chi connectivity index (χ0n) is 12.6. The van der Waals surface area contributed by atoms with Crippen LogP contribution in [0, 0.1) is 0 Å². The van der Waals surface area contributed by atoms with E-state index < -0.39 is 0 Å². The molecule has 1 rings (SSSR count). The largest absolute Gasteiger partial charge is 0.508 e. The lowest BCUT2D eigenvalue weighted by Gasteiger charge is -2.12. The molecule has 0 fully saturated rings. The quantitative estimate of drug-likeness (QED) is 0.538. The van der Waals surface area contributed by atoms with Gasteiger partial charge in [-0.05, 0) is 31.0 Å². The molecule has 3 heteroatoms. The number of esters is 1. The Balaban J connectivity index is 2.20. The van der Waals surface area contributed by atoms with Gasteiger partial charge in [-0.1, -0.05) is 51.2 Å². The van der Waals surface area contributed by atoms with Gasteiger partial charge in [-0.15, -0.1) is 0 Å². The first-order valence-electron chi connectivity index (χ1n) is 7.60. The van der Waals surface area contributed by atoms with E-state index in [-0.39, 0.29) is 17.6 Å². The Morgan fingerprint density at radius 3 is 2.35 bits per heavy atom. The maximum atomic E-state index is 11.9. The van der Waals surface area contributed by atoms with Gasteiger partial charge in [0.05, 0.1) is 12.5 Å². The summed E-state index contributed by atoms with van der Waals surface area (Å²) in [7, 11) is 0. The summed E-state index contributed by atoms with van der Waals surface area (Å²) in [6, 6.07) is 6.69. The van der Waals surface area contributed by atoms with Crippen molar-refractivity contribution in [3.8, 4) is 5.75 Å². The highest BCUT2D eigenvalue weighted by Crippen LogP contribution is 2.19. The number of phenols is 1. The van der Waals surface area contributed by atoms with Crippen molar-refractivity contribution in [3.63, 3.8) is 0 Å². The molecule has 112 valence electrons. The van der Waals surface area contributed by atoms with Crippen LogP contribution in [0.2, 0.25) is 0 Å². The lowest BCUT2D eigenvalue weighted by atomic mass is 10.0. The van der Waals surface area contributed by atoms with Crippen molar-refractivity contribution < 1.29 is 14.6 Å². The van der Waals surface area contributed by atoms with Crippen LogP contribution >= 0.6 is 0 Å². The molecule has 0 heterocycles. The maximum absolute atomic E-state index is 11.9. The third-order valence-electron chi connectivity index (χ3n) is 3.49. The van der Waals surface area contributed by atoms with E-state index in [0.29, 0.717) is 6.61 Å². The molecule has 0 spiro atoms. The van der Waals surface area contributed by atoms with E-state index in [9.17, 15) is 9.90 Å². The fourth-order valence-electron chi connectivity index (χ4n) is 2.08. The van der Waals surface area contributed by atoms with Crippen LogP contribution < -0.4 is 0 Å². The Kier molecular flexibility index (Phi) is 7.78. The number of unbranched alkanes of at least 4 members (excludes halogenated alkanes) is 5. The Hall–Kier alpha value is -1.51. The summed E-state index contributed by atoms with van der Waals surface area (Å²) in [5, 5.41) is 9.22. The first-order chi connectivity index (χ1) is 9.65. The van der Waals surface area contributed by atoms with Gasteiger partial charge in [0.25, 0.3) is 0 Å². The fourth-order valence-corrected chi connectivity index (χ4v) is 2.08. The maximum Gasteiger partial charge on any atom is 0.313 e. The molecule has 1 atom stereocenters. The van der Waals surface area contributed by atoms with E-state index in [1.54, 1.807) is 24.3 Å². The third-order valence-corrected chi connectivity index (χ3v) is 3.49. The zero-order chi connectivity index (χ0) is 14.8. The topological polar surface area (TPSA) is 46.5 Å². The fraction of sp³-hybridized carbons (Fsp3) is 0.588. The lowest BCUT2D eigenvalue weighted by molar-refractivity contribution is -0.145. The molecule has 0 saturated heterocycles. The first kappa shape index (κ1) is 16.5. The summed E-state index contributed by atoms with van der Waals surface area (Å²) in [6.45, 7) is 4.54. The Labute approximate surface area is 122 Å². The van der Waals surface area contributed by atoms with Crippen molar-refractivity contribution in [1.29, 1.82) is 0 Å². The molecule has 0 aromatic heterocycles. The van der Waals surface area contributed by atoms with Gasteiger partial charge in [-0.2, -0.15) is 0 Å². The second kappa shape index (κ2) is 9.40. The average molecular weight is 278 g/mol. The van der Waals surface area contributed by atoms with Gasteiger partial charge in [0, 0.05) is 0 Å². The molecule has 1 N–H and O–H groups in total. The van der Waals surface area contributed by atoms with Crippen molar-refractivity contribution in [1.82, 2.24) is 0 Å². The normalized spacial score (nSPS) is 12.1. The summed E-state index contributed by atoms with van der Waals surface area (Å²) in [4.78, 5) is 11.9. The number of phenolic OH excluding ortho intramolecular Hbond substituents is 1. The van der Waals surface area contributed by atoms with E-state index in [1.807, 2.05) is 6.92 Å². The van der Waals surface area contributed by atoms with Crippen LogP contribution in [0.5, 0.6) is 5.75 Å². The lowest BCUT2D eigenvalue weighted by Crippen LogP contribution is -2.13. The summed E-state index contributed by atoms with van der Waals surface area (Å²) in [6.07, 6.45) is 7.10. The standard InChI is InChI=1S/C17H26O3/c1-3-4-5-6-7-8-13-20-17(19)14(2)15-9-11-16(18)12-10-15/h9-12,14,18H,3-8,13H2,1-2H3. The van der Waals surface area contributed by atoms with Crippen molar-refractivity contribution in [3.05, 3.63) is 29.8 Å². The van der Waals surface area contributed by atoms with Gasteiger partial charge in [-0.25, -0.2) is 0 Å². The average Bonchev–Trinajstić information content (AvgIpc) is 2.46. The number of hydrogen-bond acceptors (Lipinski definition) is 3. The molecule has 20 heavy (non-hydrogen) atoms. The van der Waals surface area contributed by atoms with Gasteiger partial charge in [-0.3, -0.25) is 4.79 Å². The molecule has 1 unspecified atom stereocenters. The van der Waals surface area contributed by atoms with E-state index in [1.165, 1.54) is 25.7 Å². The molecule has 0 aliphatic carbocycles. The number of rotatable bonds is 9. The molecule has 0 bridgehead atoms. The number of hydrogen-bond donors (Lipinski definition) is 1. The number of ether oxygens (including phenoxy) is 1. The second-order valence-corrected chi connectivity index (χ2v) is 5.25. The highest BCUT2D eigenvalue weighted by atomic mass is 16.5. The smallest absolute Gasteiger partial charge is 0.313 e. The minimum absolute atomic E-state index is 0.191. The van der Waals surface area contributed by atoms with Crippen LogP contribution in [0.3, 0.4) is 0 Å². The van der Waals surface area contributed by atoms with Crippen LogP contribution in [0.4, 0.5) is 0 Å². The monoisotopic (exact) mass is 278 g/mol. The van der Waals surface area contributed by atoms with Crippen molar-refractivity contribution in [2.45, 2.75) is 58.3 Å². The molecular weight excluding hydrogens is 252 g/mol. The van der Waals surface area contributed by atoms with Gasteiger partial charge < -0.3 is 9.84 Å². The summed E-state index contributed by atoms with van der Waals surface area (Å²) >= 11 is 0. The number of benzene rings is 1. The van der Waals surface area contributed by atoms with Crippen molar-refractivity contribution >= 4 is 5.97 Å². The molecule has 0 radical (unpaired) electrons. The zero-order valence-corrected chi connectivity index (χ0v) is 12.6. The van der Waals surface area contributed by atoms with Crippen LogP contribution in [0.25, 0.3) is 0 Å². The minimum Gasteiger partial charge on any atom is -0.508 e. The summed E-state index contributed by atoms with van der Waals surface area (Å²) in [5.74, 6) is -0.263.